The van der Waals surface area contributed by atoms with E-state index in [1.54, 1.807) is 20.8 Å². The zero-order valence-electron chi connectivity index (χ0n) is 9.57. The van der Waals surface area contributed by atoms with E-state index in [1.807, 2.05) is 11.4 Å². The highest BCUT2D eigenvalue weighted by Crippen LogP contribution is 2.14. The fourth-order valence-electron chi connectivity index (χ4n) is 1.08. The third kappa shape index (κ3) is 4.02. The molecule has 1 aromatic rings. The van der Waals surface area contributed by atoms with Crippen molar-refractivity contribution in [2.75, 3.05) is 0 Å². The number of nitrogens with one attached hydrogen (secondary N) is 1. The number of hydrogen-bond acceptors (Lipinski definition) is 4. The summed E-state index contributed by atoms with van der Waals surface area (Å²) in [6, 6.07) is 1.81. The molecule has 5 heteroatoms. The van der Waals surface area contributed by atoms with Crippen LogP contribution in [0.5, 0.6) is 0 Å². The predicted molar refractivity (Wildman–Crippen MR) is 62.8 cm³/mol. The molecule has 0 aliphatic carbocycles. The largest absolute Gasteiger partial charge is 0.444 e. The molecule has 0 aliphatic heterocycles. The number of thiophene rings is 1. The zero-order valence-corrected chi connectivity index (χ0v) is 10.4. The molecule has 0 radical (unpaired) electrons. The average molecular weight is 241 g/mol. The summed E-state index contributed by atoms with van der Waals surface area (Å²) in [6.07, 6.45) is 0.312. The van der Waals surface area contributed by atoms with Gasteiger partial charge >= 0.3 is 6.09 Å². The van der Waals surface area contributed by atoms with Gasteiger partial charge in [0, 0.05) is 6.54 Å². The topological polar surface area (TPSA) is 55.4 Å². The van der Waals surface area contributed by atoms with Crippen molar-refractivity contribution in [3.63, 3.8) is 0 Å². The number of carbonyl (C=O) groups excluding carboxylic acids is 2. The molecule has 0 bridgehead atoms. The molecule has 0 aliphatic rings. The molecular formula is C11H15NO3S. The van der Waals surface area contributed by atoms with Crippen molar-refractivity contribution in [1.82, 2.24) is 5.32 Å². The van der Waals surface area contributed by atoms with Gasteiger partial charge in [-0.15, -0.1) is 11.3 Å². The van der Waals surface area contributed by atoms with Gasteiger partial charge in [0.2, 0.25) is 0 Å². The monoisotopic (exact) mass is 241 g/mol. The molecule has 1 heterocycles. The van der Waals surface area contributed by atoms with E-state index in [4.69, 9.17) is 4.74 Å². The maximum Gasteiger partial charge on any atom is 0.407 e. The van der Waals surface area contributed by atoms with Crippen LogP contribution in [0.25, 0.3) is 0 Å². The molecule has 88 valence electrons. The lowest BCUT2D eigenvalue weighted by molar-refractivity contribution is 0.0523. The van der Waals surface area contributed by atoms with E-state index >= 15 is 0 Å². The van der Waals surface area contributed by atoms with Gasteiger partial charge in [0.05, 0.1) is 4.88 Å². The molecule has 0 aromatic carbocycles. The van der Waals surface area contributed by atoms with Crippen molar-refractivity contribution in [1.29, 1.82) is 0 Å². The second-order valence-electron chi connectivity index (χ2n) is 4.28. The van der Waals surface area contributed by atoms with E-state index in [9.17, 15) is 9.59 Å². The van der Waals surface area contributed by atoms with Crippen molar-refractivity contribution in [2.45, 2.75) is 32.9 Å². The smallest absolute Gasteiger partial charge is 0.407 e. The van der Waals surface area contributed by atoms with Gasteiger partial charge < -0.3 is 10.1 Å². The molecule has 0 saturated carbocycles. The molecule has 0 unspecified atom stereocenters. The van der Waals surface area contributed by atoms with Crippen LogP contribution in [0.15, 0.2) is 11.4 Å². The molecule has 0 spiro atoms. The summed E-state index contributed by atoms with van der Waals surface area (Å²) in [5.41, 5.74) is 0.303. The Bertz CT molecular complexity index is 379. The summed E-state index contributed by atoms with van der Waals surface area (Å²) in [5, 5.41) is 4.42. The molecule has 16 heavy (non-hydrogen) atoms. The first-order chi connectivity index (χ1) is 7.42. The molecule has 1 amide bonds. The Morgan fingerprint density at radius 3 is 2.81 bits per heavy atom. The lowest BCUT2D eigenvalue weighted by Crippen LogP contribution is -2.32. The fraction of sp³-hybridized carbons (Fsp3) is 0.455. The predicted octanol–water partition coefficient (Wildman–Crippen LogP) is 2.59. The number of aldehydes is 1. The Hall–Kier alpha value is -1.36. The van der Waals surface area contributed by atoms with Crippen LogP contribution in [0.2, 0.25) is 0 Å². The summed E-state index contributed by atoms with van der Waals surface area (Å²) in [4.78, 5) is 22.6. The Balaban J connectivity index is 2.46. The Morgan fingerprint density at radius 2 is 2.25 bits per heavy atom. The normalized spacial score (nSPS) is 10.9. The number of ether oxygens (including phenoxy) is 1. The third-order valence-electron chi connectivity index (χ3n) is 1.71. The van der Waals surface area contributed by atoms with Crippen molar-refractivity contribution in [3.05, 3.63) is 21.9 Å². The molecule has 1 N–H and O–H groups in total. The van der Waals surface area contributed by atoms with E-state index in [2.05, 4.69) is 5.32 Å². The van der Waals surface area contributed by atoms with E-state index in [0.29, 0.717) is 11.4 Å². The minimum absolute atomic E-state index is 0.312. The zero-order chi connectivity index (χ0) is 12.2. The first-order valence-electron chi connectivity index (χ1n) is 4.91. The van der Waals surface area contributed by atoms with Crippen molar-refractivity contribution in [3.8, 4) is 0 Å². The van der Waals surface area contributed by atoms with Crippen LogP contribution in [0.3, 0.4) is 0 Å². The molecule has 1 aromatic heterocycles. The lowest BCUT2D eigenvalue weighted by atomic mass is 10.2. The van der Waals surface area contributed by atoms with E-state index in [0.717, 1.165) is 11.8 Å². The average Bonchev–Trinajstić information content (AvgIpc) is 2.59. The van der Waals surface area contributed by atoms with Gasteiger partial charge in [0.1, 0.15) is 5.60 Å². The molecule has 0 atom stereocenters. The van der Waals surface area contributed by atoms with Crippen LogP contribution in [0.4, 0.5) is 4.79 Å². The van der Waals surface area contributed by atoms with Gasteiger partial charge in [-0.25, -0.2) is 4.79 Å². The summed E-state index contributed by atoms with van der Waals surface area (Å²) in [7, 11) is 0. The van der Waals surface area contributed by atoms with Gasteiger partial charge in [-0.1, -0.05) is 0 Å². The highest BCUT2D eigenvalue weighted by molar-refractivity contribution is 7.11. The molecule has 0 fully saturated rings. The molecule has 1 rings (SSSR count). The highest BCUT2D eigenvalue weighted by atomic mass is 32.1. The fourth-order valence-corrected chi connectivity index (χ4v) is 1.80. The van der Waals surface area contributed by atoms with Gasteiger partial charge in [0.25, 0.3) is 0 Å². The maximum atomic E-state index is 11.3. The van der Waals surface area contributed by atoms with Gasteiger partial charge in [-0.2, -0.15) is 0 Å². The van der Waals surface area contributed by atoms with Crippen LogP contribution in [0, 0.1) is 0 Å². The number of amides is 1. The summed E-state index contributed by atoms with van der Waals surface area (Å²) < 4.78 is 5.07. The first kappa shape index (κ1) is 12.7. The van der Waals surface area contributed by atoms with Crippen LogP contribution in [-0.4, -0.2) is 18.0 Å². The summed E-state index contributed by atoms with van der Waals surface area (Å²) in [5.74, 6) is 0. The number of alkyl carbamates (subject to hydrolysis) is 1. The second-order valence-corrected chi connectivity index (χ2v) is 5.23. The number of hydrogen-bond donors (Lipinski definition) is 1. The van der Waals surface area contributed by atoms with Crippen LogP contribution < -0.4 is 5.32 Å². The molecule has 4 nitrogen and oxygen atoms in total. The second kappa shape index (κ2) is 5.12. The summed E-state index contributed by atoms with van der Waals surface area (Å²) >= 11 is 1.35. The minimum Gasteiger partial charge on any atom is -0.444 e. The van der Waals surface area contributed by atoms with Gasteiger partial charge in [0.15, 0.2) is 6.29 Å². The Labute approximate surface area is 98.6 Å². The lowest BCUT2D eigenvalue weighted by Gasteiger charge is -2.19. The Kier molecular flexibility index (Phi) is 4.06. The van der Waals surface area contributed by atoms with Crippen LogP contribution in [0.1, 0.15) is 36.0 Å². The number of rotatable bonds is 3. The van der Waals surface area contributed by atoms with Gasteiger partial charge in [-0.05, 0) is 37.8 Å². The molecular weight excluding hydrogens is 226 g/mol. The van der Waals surface area contributed by atoms with Crippen LogP contribution in [-0.2, 0) is 11.3 Å². The Morgan fingerprint density at radius 1 is 1.56 bits per heavy atom. The van der Waals surface area contributed by atoms with Crippen molar-refractivity contribution >= 4 is 23.7 Å². The quantitative estimate of drug-likeness (QED) is 0.827. The highest BCUT2D eigenvalue weighted by Gasteiger charge is 2.16. The standard InChI is InChI=1S/C11H15NO3S/c1-11(2,3)15-10(14)12-6-8-4-5-16-9(8)7-13/h4-5,7H,6H2,1-3H3,(H,12,14). The van der Waals surface area contributed by atoms with E-state index < -0.39 is 11.7 Å². The minimum atomic E-state index is -0.508. The number of carbonyl (C=O) groups is 2. The SMILES string of the molecule is CC(C)(C)OC(=O)NCc1ccsc1C=O. The van der Waals surface area contributed by atoms with Gasteiger partial charge in [-0.3, -0.25) is 4.79 Å². The summed E-state index contributed by atoms with van der Waals surface area (Å²) in [6.45, 7) is 5.71. The maximum absolute atomic E-state index is 11.3. The van der Waals surface area contributed by atoms with E-state index in [1.165, 1.54) is 11.3 Å². The van der Waals surface area contributed by atoms with E-state index in [-0.39, 0.29) is 0 Å². The first-order valence-corrected chi connectivity index (χ1v) is 5.79. The third-order valence-corrected chi connectivity index (χ3v) is 2.59. The van der Waals surface area contributed by atoms with Crippen molar-refractivity contribution < 1.29 is 14.3 Å². The molecule has 0 saturated heterocycles. The van der Waals surface area contributed by atoms with Crippen molar-refractivity contribution in [2.24, 2.45) is 0 Å². The van der Waals surface area contributed by atoms with Crippen LogP contribution >= 0.6 is 11.3 Å².